The maximum Gasteiger partial charge on any atom is 0.0597 e. The highest BCUT2D eigenvalue weighted by molar-refractivity contribution is 5.08. The number of nitrogens with one attached hydrogen (secondary N) is 1. The summed E-state index contributed by atoms with van der Waals surface area (Å²) in [5, 5.41) is 8.07. The first kappa shape index (κ1) is 13.6. The summed E-state index contributed by atoms with van der Waals surface area (Å²) in [6.45, 7) is 11.9. The van der Waals surface area contributed by atoms with Gasteiger partial charge in [0.1, 0.15) is 0 Å². The van der Waals surface area contributed by atoms with E-state index in [1.54, 1.807) is 0 Å². The largest absolute Gasteiger partial charge is 0.310 e. The molecule has 0 aliphatic carbocycles. The van der Waals surface area contributed by atoms with Gasteiger partial charge in [0.15, 0.2) is 0 Å². The van der Waals surface area contributed by atoms with Crippen LogP contribution in [0.1, 0.15) is 38.1 Å². The van der Waals surface area contributed by atoms with Crippen LogP contribution in [0.2, 0.25) is 0 Å². The van der Waals surface area contributed by atoms with Gasteiger partial charge in [-0.05, 0) is 45.8 Å². The number of rotatable bonds is 6. The average Bonchev–Trinajstić information content (AvgIpc) is 2.95. The molecule has 0 amide bonds. The quantitative estimate of drug-likeness (QED) is 0.835. The first-order valence-electron chi connectivity index (χ1n) is 7.22. The molecule has 0 spiro atoms. The summed E-state index contributed by atoms with van der Waals surface area (Å²) in [6, 6.07) is 2.91. The Hall–Kier alpha value is -0.870. The van der Waals surface area contributed by atoms with Crippen molar-refractivity contribution in [3.63, 3.8) is 0 Å². The molecule has 0 saturated carbocycles. The molecule has 1 fully saturated rings. The van der Waals surface area contributed by atoms with Crippen LogP contribution in [-0.4, -0.2) is 40.4 Å². The van der Waals surface area contributed by atoms with Gasteiger partial charge in [0.2, 0.25) is 0 Å². The van der Waals surface area contributed by atoms with E-state index in [9.17, 15) is 0 Å². The lowest BCUT2D eigenvalue weighted by molar-refractivity contribution is 0.259. The Labute approximate surface area is 110 Å². The minimum Gasteiger partial charge on any atom is -0.310 e. The van der Waals surface area contributed by atoms with Crippen molar-refractivity contribution in [2.45, 2.75) is 52.7 Å². The fourth-order valence-electron chi connectivity index (χ4n) is 2.92. The molecule has 18 heavy (non-hydrogen) atoms. The normalized spacial score (nSPS) is 20.7. The third kappa shape index (κ3) is 3.12. The van der Waals surface area contributed by atoms with Crippen molar-refractivity contribution >= 4 is 0 Å². The van der Waals surface area contributed by atoms with E-state index in [1.807, 2.05) is 0 Å². The molecule has 1 saturated heterocycles. The second-order valence-electron chi connectivity index (χ2n) is 5.15. The highest BCUT2D eigenvalue weighted by atomic mass is 15.3. The molecule has 0 aromatic carbocycles. The second kappa shape index (κ2) is 6.34. The van der Waals surface area contributed by atoms with Crippen LogP contribution in [0.3, 0.4) is 0 Å². The van der Waals surface area contributed by atoms with Crippen LogP contribution in [0.25, 0.3) is 0 Å². The molecule has 4 heteroatoms. The molecule has 0 bridgehead atoms. The van der Waals surface area contributed by atoms with Crippen molar-refractivity contribution in [2.24, 2.45) is 0 Å². The van der Waals surface area contributed by atoms with E-state index < -0.39 is 0 Å². The Kier molecular flexibility index (Phi) is 4.78. The van der Waals surface area contributed by atoms with Crippen molar-refractivity contribution in [1.82, 2.24) is 20.0 Å². The Morgan fingerprint density at radius 2 is 2.22 bits per heavy atom. The molecule has 1 aliphatic heterocycles. The summed E-state index contributed by atoms with van der Waals surface area (Å²) in [5.74, 6) is 0. The lowest BCUT2D eigenvalue weighted by Gasteiger charge is -2.23. The standard InChI is InChI=1S/C14H26N4/c1-4-17-8-6-7-13(17)10-15-11-14-9-12(3)16-18(14)5-2/h9,13,15H,4-8,10-11H2,1-3H3. The Balaban J connectivity index is 1.81. The van der Waals surface area contributed by atoms with E-state index in [1.165, 1.54) is 31.6 Å². The van der Waals surface area contributed by atoms with Crippen LogP contribution in [0.15, 0.2) is 6.07 Å². The summed E-state index contributed by atoms with van der Waals surface area (Å²) in [6.07, 6.45) is 2.69. The highest BCUT2D eigenvalue weighted by Gasteiger charge is 2.22. The fraction of sp³-hybridized carbons (Fsp3) is 0.786. The summed E-state index contributed by atoms with van der Waals surface area (Å²) < 4.78 is 2.09. The molecular weight excluding hydrogens is 224 g/mol. The SMILES string of the molecule is CCN1CCCC1CNCc1cc(C)nn1CC. The molecular formula is C14H26N4. The predicted molar refractivity (Wildman–Crippen MR) is 74.6 cm³/mol. The monoisotopic (exact) mass is 250 g/mol. The maximum absolute atomic E-state index is 4.48. The number of nitrogens with zero attached hydrogens (tertiary/aromatic N) is 3. The van der Waals surface area contributed by atoms with Gasteiger partial charge < -0.3 is 5.32 Å². The molecule has 102 valence electrons. The minimum absolute atomic E-state index is 0.731. The number of likely N-dealkylation sites (tertiary alicyclic amines) is 1. The smallest absolute Gasteiger partial charge is 0.0597 e. The minimum atomic E-state index is 0.731. The van der Waals surface area contributed by atoms with Gasteiger partial charge in [-0.3, -0.25) is 9.58 Å². The molecule has 1 aliphatic rings. The first-order valence-corrected chi connectivity index (χ1v) is 7.22. The fourth-order valence-corrected chi connectivity index (χ4v) is 2.92. The summed E-state index contributed by atoms with van der Waals surface area (Å²) >= 11 is 0. The summed E-state index contributed by atoms with van der Waals surface area (Å²) in [7, 11) is 0. The van der Waals surface area contributed by atoms with E-state index in [2.05, 4.69) is 46.8 Å². The van der Waals surface area contributed by atoms with E-state index in [0.29, 0.717) is 0 Å². The second-order valence-corrected chi connectivity index (χ2v) is 5.15. The van der Waals surface area contributed by atoms with Crippen LogP contribution in [0.5, 0.6) is 0 Å². The third-order valence-corrected chi connectivity index (χ3v) is 3.88. The number of aromatic nitrogens is 2. The van der Waals surface area contributed by atoms with Gasteiger partial charge >= 0.3 is 0 Å². The highest BCUT2D eigenvalue weighted by Crippen LogP contribution is 2.15. The first-order chi connectivity index (χ1) is 8.74. The number of likely N-dealkylation sites (N-methyl/N-ethyl adjacent to an activating group) is 1. The summed E-state index contributed by atoms with van der Waals surface area (Å²) in [4.78, 5) is 2.58. The topological polar surface area (TPSA) is 33.1 Å². The molecule has 1 atom stereocenters. The van der Waals surface area contributed by atoms with Crippen molar-refractivity contribution < 1.29 is 0 Å². The lowest BCUT2D eigenvalue weighted by atomic mass is 10.2. The zero-order valence-electron chi connectivity index (χ0n) is 11.9. The van der Waals surface area contributed by atoms with Gasteiger partial charge in [-0.25, -0.2) is 0 Å². The van der Waals surface area contributed by atoms with Crippen molar-refractivity contribution in [3.05, 3.63) is 17.5 Å². The molecule has 0 radical (unpaired) electrons. The number of hydrogen-bond donors (Lipinski definition) is 1. The number of hydrogen-bond acceptors (Lipinski definition) is 3. The van der Waals surface area contributed by atoms with Crippen molar-refractivity contribution in [2.75, 3.05) is 19.6 Å². The van der Waals surface area contributed by atoms with Crippen molar-refractivity contribution in [3.8, 4) is 0 Å². The van der Waals surface area contributed by atoms with Crippen LogP contribution < -0.4 is 5.32 Å². The van der Waals surface area contributed by atoms with Crippen LogP contribution >= 0.6 is 0 Å². The van der Waals surface area contributed by atoms with Gasteiger partial charge in [0.25, 0.3) is 0 Å². The van der Waals surface area contributed by atoms with Crippen LogP contribution in [-0.2, 0) is 13.1 Å². The lowest BCUT2D eigenvalue weighted by Crippen LogP contribution is -2.37. The van der Waals surface area contributed by atoms with E-state index in [0.717, 1.165) is 31.4 Å². The Bertz CT molecular complexity index is 372. The van der Waals surface area contributed by atoms with Crippen LogP contribution in [0, 0.1) is 6.92 Å². The Morgan fingerprint density at radius 3 is 2.94 bits per heavy atom. The number of aryl methyl sites for hydroxylation is 2. The molecule has 1 N–H and O–H groups in total. The summed E-state index contributed by atoms with van der Waals surface area (Å²) in [5.41, 5.74) is 2.42. The van der Waals surface area contributed by atoms with E-state index in [4.69, 9.17) is 0 Å². The molecule has 4 nitrogen and oxygen atoms in total. The predicted octanol–water partition coefficient (Wildman–Crippen LogP) is 1.79. The average molecular weight is 250 g/mol. The van der Waals surface area contributed by atoms with Crippen LogP contribution in [0.4, 0.5) is 0 Å². The molecule has 1 aromatic rings. The zero-order valence-corrected chi connectivity index (χ0v) is 11.9. The molecule has 2 heterocycles. The zero-order chi connectivity index (χ0) is 13.0. The maximum atomic E-state index is 4.48. The molecule has 1 aromatic heterocycles. The third-order valence-electron chi connectivity index (χ3n) is 3.88. The Morgan fingerprint density at radius 1 is 1.39 bits per heavy atom. The van der Waals surface area contributed by atoms with Gasteiger partial charge in [-0.15, -0.1) is 0 Å². The van der Waals surface area contributed by atoms with Gasteiger partial charge in [-0.1, -0.05) is 6.92 Å². The van der Waals surface area contributed by atoms with Crippen molar-refractivity contribution in [1.29, 1.82) is 0 Å². The van der Waals surface area contributed by atoms with Gasteiger partial charge in [-0.2, -0.15) is 5.10 Å². The van der Waals surface area contributed by atoms with E-state index in [-0.39, 0.29) is 0 Å². The van der Waals surface area contributed by atoms with E-state index >= 15 is 0 Å². The molecule has 1 unspecified atom stereocenters. The molecule has 2 rings (SSSR count). The van der Waals surface area contributed by atoms with Gasteiger partial charge in [0.05, 0.1) is 11.4 Å². The van der Waals surface area contributed by atoms with Gasteiger partial charge in [0, 0.05) is 25.7 Å².